The van der Waals surface area contributed by atoms with E-state index < -0.39 is 0 Å². The van der Waals surface area contributed by atoms with E-state index in [9.17, 15) is 0 Å². The molecule has 0 rings (SSSR count). The summed E-state index contributed by atoms with van der Waals surface area (Å²) >= 11 is 0. The Labute approximate surface area is 64.2 Å². The molecule has 0 aliphatic carbocycles. The molecular formula is C8H20O2. The van der Waals surface area contributed by atoms with Gasteiger partial charge in [0, 0.05) is 6.61 Å². The fraction of sp³-hybridized carbons (Fsp3) is 1.00. The molecule has 10 heavy (non-hydrogen) atoms. The molecule has 64 valence electrons. The molecule has 0 amide bonds. The van der Waals surface area contributed by atoms with Crippen molar-refractivity contribution in [1.29, 1.82) is 0 Å². The zero-order chi connectivity index (χ0) is 8.41. The van der Waals surface area contributed by atoms with Crippen molar-refractivity contribution in [2.24, 2.45) is 0 Å². The lowest BCUT2D eigenvalue weighted by molar-refractivity contribution is 0.0181. The highest BCUT2D eigenvalue weighted by molar-refractivity contribution is 4.49. The van der Waals surface area contributed by atoms with Crippen LogP contribution in [0.15, 0.2) is 0 Å². The summed E-state index contributed by atoms with van der Waals surface area (Å²) in [5, 5.41) is 8.53. The molecule has 0 aliphatic heterocycles. The van der Waals surface area contributed by atoms with Gasteiger partial charge in [-0.3, -0.25) is 0 Å². The molecule has 0 fully saturated rings. The zero-order valence-corrected chi connectivity index (χ0v) is 7.55. The van der Waals surface area contributed by atoms with Crippen molar-refractivity contribution in [2.75, 3.05) is 13.2 Å². The van der Waals surface area contributed by atoms with Gasteiger partial charge in [0.1, 0.15) is 0 Å². The van der Waals surface area contributed by atoms with E-state index >= 15 is 0 Å². The number of hydrogen-bond donors (Lipinski definition) is 1. The molecular weight excluding hydrogens is 128 g/mol. The van der Waals surface area contributed by atoms with E-state index in [4.69, 9.17) is 9.84 Å². The smallest absolute Gasteiger partial charge is 0.0803 e. The summed E-state index contributed by atoms with van der Waals surface area (Å²) in [4.78, 5) is 0. The molecule has 0 radical (unpaired) electrons. The minimum atomic E-state index is 0.0556. The summed E-state index contributed by atoms with van der Waals surface area (Å²) in [7, 11) is 0. The first-order valence-corrected chi connectivity index (χ1v) is 4.07. The van der Waals surface area contributed by atoms with Crippen LogP contribution in [0.5, 0.6) is 0 Å². The average Bonchev–Trinajstić information content (AvgIpc) is 2.04. The van der Waals surface area contributed by atoms with Crippen LogP contribution in [0, 0.1) is 0 Å². The number of ether oxygens (including phenoxy) is 1. The standard InChI is InChI=1S/C6H14O2.C2H6/c1-3-6(5-7)8-4-2;1-2/h6-7H,3-5H2,1-2H3;1-2H3/t6-;/m0./s1. The monoisotopic (exact) mass is 148 g/mol. The van der Waals surface area contributed by atoms with E-state index in [0.717, 1.165) is 6.42 Å². The summed E-state index contributed by atoms with van der Waals surface area (Å²) in [6.07, 6.45) is 0.949. The van der Waals surface area contributed by atoms with Gasteiger partial charge in [-0.25, -0.2) is 0 Å². The normalized spacial score (nSPS) is 11.7. The topological polar surface area (TPSA) is 29.5 Å². The van der Waals surface area contributed by atoms with Crippen LogP contribution in [0.1, 0.15) is 34.1 Å². The molecule has 1 N–H and O–H groups in total. The molecule has 0 aliphatic rings. The zero-order valence-electron chi connectivity index (χ0n) is 7.55. The van der Waals surface area contributed by atoms with E-state index in [0.29, 0.717) is 6.61 Å². The molecule has 2 nitrogen and oxygen atoms in total. The fourth-order valence-electron chi connectivity index (χ4n) is 0.535. The molecule has 0 aromatic carbocycles. The first kappa shape index (κ1) is 12.6. The third-order valence-electron chi connectivity index (χ3n) is 1.06. The van der Waals surface area contributed by atoms with Crippen molar-refractivity contribution in [1.82, 2.24) is 0 Å². The van der Waals surface area contributed by atoms with Crippen molar-refractivity contribution in [3.8, 4) is 0 Å². The second kappa shape index (κ2) is 11.7. The minimum absolute atomic E-state index is 0.0556. The second-order valence-corrected chi connectivity index (χ2v) is 1.67. The molecule has 0 spiro atoms. The lowest BCUT2D eigenvalue weighted by Gasteiger charge is -2.09. The Morgan fingerprint density at radius 3 is 1.90 bits per heavy atom. The van der Waals surface area contributed by atoms with Crippen LogP contribution in [0.4, 0.5) is 0 Å². The van der Waals surface area contributed by atoms with Gasteiger partial charge in [-0.2, -0.15) is 0 Å². The predicted molar refractivity (Wildman–Crippen MR) is 44.1 cm³/mol. The van der Waals surface area contributed by atoms with Gasteiger partial charge in [0.25, 0.3) is 0 Å². The molecule has 0 unspecified atom stereocenters. The van der Waals surface area contributed by atoms with Crippen molar-refractivity contribution >= 4 is 0 Å². The number of hydrogen-bond acceptors (Lipinski definition) is 2. The fourth-order valence-corrected chi connectivity index (χ4v) is 0.535. The van der Waals surface area contributed by atoms with E-state index in [1.54, 1.807) is 0 Å². The van der Waals surface area contributed by atoms with Crippen LogP contribution in [-0.4, -0.2) is 24.4 Å². The molecule has 0 bridgehead atoms. The van der Waals surface area contributed by atoms with Crippen LogP contribution in [-0.2, 0) is 4.74 Å². The maximum absolute atomic E-state index is 8.53. The van der Waals surface area contributed by atoms with Crippen molar-refractivity contribution in [3.05, 3.63) is 0 Å². The molecule has 0 saturated heterocycles. The van der Waals surface area contributed by atoms with E-state index in [1.807, 2.05) is 27.7 Å². The van der Waals surface area contributed by atoms with E-state index in [1.165, 1.54) is 0 Å². The van der Waals surface area contributed by atoms with Crippen LogP contribution in [0.25, 0.3) is 0 Å². The van der Waals surface area contributed by atoms with Gasteiger partial charge < -0.3 is 9.84 Å². The van der Waals surface area contributed by atoms with Crippen LogP contribution in [0.3, 0.4) is 0 Å². The lowest BCUT2D eigenvalue weighted by atomic mass is 10.3. The van der Waals surface area contributed by atoms with Gasteiger partial charge in [0.05, 0.1) is 12.7 Å². The van der Waals surface area contributed by atoms with Gasteiger partial charge >= 0.3 is 0 Å². The molecule has 0 saturated carbocycles. The van der Waals surface area contributed by atoms with Gasteiger partial charge in [-0.15, -0.1) is 0 Å². The molecule has 1 atom stereocenters. The second-order valence-electron chi connectivity index (χ2n) is 1.67. The Bertz CT molecular complexity index is 42.5. The lowest BCUT2D eigenvalue weighted by Crippen LogP contribution is -2.15. The Morgan fingerprint density at radius 2 is 1.80 bits per heavy atom. The van der Waals surface area contributed by atoms with E-state index in [2.05, 4.69) is 0 Å². The molecule has 0 aromatic heterocycles. The third kappa shape index (κ3) is 7.92. The van der Waals surface area contributed by atoms with Crippen molar-refractivity contribution in [3.63, 3.8) is 0 Å². The highest BCUT2D eigenvalue weighted by Gasteiger charge is 2.00. The first-order valence-electron chi connectivity index (χ1n) is 4.07. The maximum atomic E-state index is 8.53. The Balaban J connectivity index is 0. The summed E-state index contributed by atoms with van der Waals surface area (Å²) in [6, 6.07) is 0. The van der Waals surface area contributed by atoms with Crippen LogP contribution in [0.2, 0.25) is 0 Å². The molecule has 0 heterocycles. The first-order chi connectivity index (χ1) is 4.85. The van der Waals surface area contributed by atoms with Gasteiger partial charge in [-0.05, 0) is 13.3 Å². The van der Waals surface area contributed by atoms with Crippen LogP contribution < -0.4 is 0 Å². The van der Waals surface area contributed by atoms with Gasteiger partial charge in [0.15, 0.2) is 0 Å². The van der Waals surface area contributed by atoms with Gasteiger partial charge in [0.2, 0.25) is 0 Å². The Morgan fingerprint density at radius 1 is 1.30 bits per heavy atom. The van der Waals surface area contributed by atoms with Crippen LogP contribution >= 0.6 is 0 Å². The largest absolute Gasteiger partial charge is 0.394 e. The van der Waals surface area contributed by atoms with Crippen molar-refractivity contribution < 1.29 is 9.84 Å². The number of aliphatic hydroxyl groups excluding tert-OH is 1. The summed E-state index contributed by atoms with van der Waals surface area (Å²) < 4.78 is 5.09. The third-order valence-corrected chi connectivity index (χ3v) is 1.06. The highest BCUT2D eigenvalue weighted by atomic mass is 16.5. The average molecular weight is 148 g/mol. The molecule has 0 aromatic rings. The highest BCUT2D eigenvalue weighted by Crippen LogP contribution is 1.94. The number of rotatable bonds is 4. The minimum Gasteiger partial charge on any atom is -0.394 e. The summed E-state index contributed by atoms with van der Waals surface area (Å²) in [6.45, 7) is 8.76. The Hall–Kier alpha value is -0.0800. The SMILES string of the molecule is CC.CCO[C@@H](CC)CO. The molecule has 2 heteroatoms. The summed E-state index contributed by atoms with van der Waals surface area (Å²) in [5.41, 5.74) is 0. The predicted octanol–water partition coefficient (Wildman–Crippen LogP) is 1.82. The van der Waals surface area contributed by atoms with E-state index in [-0.39, 0.29) is 12.7 Å². The van der Waals surface area contributed by atoms with Crippen molar-refractivity contribution in [2.45, 2.75) is 40.2 Å². The quantitative estimate of drug-likeness (QED) is 0.659. The maximum Gasteiger partial charge on any atom is 0.0803 e. The van der Waals surface area contributed by atoms with Gasteiger partial charge in [-0.1, -0.05) is 20.8 Å². The Kier molecular flexibility index (Phi) is 14.7. The number of aliphatic hydroxyl groups is 1. The summed E-state index contributed by atoms with van der Waals surface area (Å²) in [5.74, 6) is 0.